The Kier molecular flexibility index (Phi) is 5.16. The van der Waals surface area contributed by atoms with Crippen LogP contribution in [0.4, 0.5) is 33.5 Å². The maximum absolute atomic E-state index is 13.7. The highest BCUT2D eigenvalue weighted by atomic mass is 19.4. The highest BCUT2D eigenvalue weighted by molar-refractivity contribution is 5.99. The molecule has 0 N–H and O–H groups in total. The van der Waals surface area contributed by atoms with Gasteiger partial charge < -0.3 is 4.90 Å². The van der Waals surface area contributed by atoms with Crippen molar-refractivity contribution >= 4 is 28.6 Å². The average Bonchev–Trinajstić information content (AvgIpc) is 3.45. The number of amides is 1. The number of hydrogen-bond acceptors (Lipinski definition) is 6. The van der Waals surface area contributed by atoms with Crippen molar-refractivity contribution < 1.29 is 26.7 Å². The van der Waals surface area contributed by atoms with E-state index in [0.29, 0.717) is 42.8 Å². The van der Waals surface area contributed by atoms with E-state index in [1.54, 1.807) is 4.90 Å². The monoisotopic (exact) mass is 507 g/mol. The van der Waals surface area contributed by atoms with Crippen LogP contribution in [-0.4, -0.2) is 55.7 Å². The quantitative estimate of drug-likeness (QED) is 0.496. The van der Waals surface area contributed by atoms with E-state index >= 15 is 0 Å². The minimum absolute atomic E-state index is 0.0206. The highest BCUT2D eigenvalue weighted by Gasteiger charge is 2.56. The second-order valence-corrected chi connectivity index (χ2v) is 9.74. The molecule has 3 aromatic heterocycles. The van der Waals surface area contributed by atoms with Gasteiger partial charge in [0.2, 0.25) is 5.91 Å². The molecule has 3 aliphatic rings. The summed E-state index contributed by atoms with van der Waals surface area (Å²) >= 11 is 0. The van der Waals surface area contributed by atoms with Gasteiger partial charge in [0.25, 0.3) is 6.43 Å². The lowest BCUT2D eigenvalue weighted by Crippen LogP contribution is -2.51. The van der Waals surface area contributed by atoms with E-state index in [4.69, 9.17) is 0 Å². The van der Waals surface area contributed by atoms with Crippen molar-refractivity contribution in [2.24, 2.45) is 5.41 Å². The van der Waals surface area contributed by atoms with E-state index in [2.05, 4.69) is 25.0 Å². The molecule has 0 aromatic carbocycles. The molecular formula is C23H22F5N7O. The first-order valence-electron chi connectivity index (χ1n) is 11.7. The number of piperidine rings is 1. The number of carbonyl (C=O) groups is 1. The first-order valence-corrected chi connectivity index (χ1v) is 11.7. The van der Waals surface area contributed by atoms with Gasteiger partial charge in [-0.2, -0.15) is 18.3 Å². The van der Waals surface area contributed by atoms with Gasteiger partial charge in [0.1, 0.15) is 17.8 Å². The second-order valence-electron chi connectivity index (χ2n) is 9.74. The van der Waals surface area contributed by atoms with Gasteiger partial charge in [-0.15, -0.1) is 0 Å². The van der Waals surface area contributed by atoms with E-state index in [0.717, 1.165) is 23.6 Å². The van der Waals surface area contributed by atoms with Crippen LogP contribution in [0.2, 0.25) is 0 Å². The third-order valence-corrected chi connectivity index (χ3v) is 7.64. The molecule has 1 spiro atoms. The number of rotatable bonds is 4. The first-order chi connectivity index (χ1) is 17.1. The number of halogens is 5. The van der Waals surface area contributed by atoms with Crippen LogP contribution in [0.15, 0.2) is 30.7 Å². The Morgan fingerprint density at radius 2 is 1.81 bits per heavy atom. The maximum atomic E-state index is 13.7. The zero-order valence-electron chi connectivity index (χ0n) is 19.0. The van der Waals surface area contributed by atoms with E-state index in [-0.39, 0.29) is 23.6 Å². The Bertz CT molecular complexity index is 1290. The lowest BCUT2D eigenvalue weighted by Gasteiger charge is -2.44. The van der Waals surface area contributed by atoms with Crippen LogP contribution in [0.5, 0.6) is 0 Å². The van der Waals surface area contributed by atoms with Crippen LogP contribution >= 0.6 is 0 Å². The van der Waals surface area contributed by atoms with Crippen molar-refractivity contribution in [1.29, 1.82) is 0 Å². The second kappa shape index (κ2) is 8.07. The first kappa shape index (κ1) is 23.0. The molecule has 6 rings (SSSR count). The molecule has 2 bridgehead atoms. The third kappa shape index (κ3) is 3.66. The molecule has 3 fully saturated rings. The lowest BCUT2D eigenvalue weighted by molar-refractivity contribution is -0.141. The zero-order valence-corrected chi connectivity index (χ0v) is 19.0. The molecule has 0 saturated carbocycles. The zero-order chi connectivity index (χ0) is 25.2. The van der Waals surface area contributed by atoms with Gasteiger partial charge in [-0.05, 0) is 44.2 Å². The van der Waals surface area contributed by atoms with E-state index in [1.165, 1.54) is 24.7 Å². The maximum Gasteiger partial charge on any atom is 0.433 e. The molecule has 190 valence electrons. The smallest absolute Gasteiger partial charge is 0.364 e. The fraction of sp³-hybridized carbons (Fsp3) is 0.522. The Balaban J connectivity index is 1.23. The molecule has 3 aliphatic heterocycles. The third-order valence-electron chi connectivity index (χ3n) is 7.64. The fourth-order valence-corrected chi connectivity index (χ4v) is 6.13. The molecule has 2 unspecified atom stereocenters. The Morgan fingerprint density at radius 3 is 2.44 bits per heavy atom. The van der Waals surface area contributed by atoms with Gasteiger partial charge in [0.15, 0.2) is 11.5 Å². The van der Waals surface area contributed by atoms with Crippen molar-refractivity contribution in [3.05, 3.63) is 36.4 Å². The van der Waals surface area contributed by atoms with Crippen molar-refractivity contribution in [2.45, 2.75) is 63.3 Å². The number of hydrogen-bond donors (Lipinski definition) is 0. The standard InChI is InChI=1S/C23H22F5N7O/c24-18(25)12-34-20-16(10-31-34)29-11-19(32-20)33-6-5-22(21(33)36)7-13-1-2-14(8-22)35(13)15-3-4-17(30-9-15)23(26,27)28/h3-4,9-11,13-14,18H,1-2,5-8,12H2. The summed E-state index contributed by atoms with van der Waals surface area (Å²) in [7, 11) is 0. The largest absolute Gasteiger partial charge is 0.433 e. The summed E-state index contributed by atoms with van der Waals surface area (Å²) in [4.78, 5) is 29.7. The molecule has 0 radical (unpaired) electrons. The summed E-state index contributed by atoms with van der Waals surface area (Å²) in [5, 5.41) is 3.92. The molecule has 13 heteroatoms. The highest BCUT2D eigenvalue weighted by Crippen LogP contribution is 2.52. The molecule has 3 saturated heterocycles. The van der Waals surface area contributed by atoms with Crippen LogP contribution in [0.1, 0.15) is 37.8 Å². The number of alkyl halides is 5. The van der Waals surface area contributed by atoms with Crippen molar-refractivity contribution in [1.82, 2.24) is 24.7 Å². The van der Waals surface area contributed by atoms with E-state index < -0.39 is 30.3 Å². The van der Waals surface area contributed by atoms with Crippen molar-refractivity contribution in [3.8, 4) is 0 Å². The summed E-state index contributed by atoms with van der Waals surface area (Å²) in [5.74, 6) is 0.236. The predicted molar refractivity (Wildman–Crippen MR) is 118 cm³/mol. The van der Waals surface area contributed by atoms with Crippen LogP contribution in [0, 0.1) is 5.41 Å². The van der Waals surface area contributed by atoms with Gasteiger partial charge >= 0.3 is 6.18 Å². The van der Waals surface area contributed by atoms with Gasteiger partial charge in [-0.3, -0.25) is 9.69 Å². The lowest BCUT2D eigenvalue weighted by atomic mass is 9.73. The fourth-order valence-electron chi connectivity index (χ4n) is 6.13. The molecule has 6 heterocycles. The number of aromatic nitrogens is 5. The topological polar surface area (TPSA) is 80.0 Å². The number of anilines is 2. The molecule has 1 amide bonds. The Labute approximate surface area is 202 Å². The number of nitrogens with zero attached hydrogens (tertiary/aromatic N) is 7. The Hall–Kier alpha value is -3.38. The van der Waals surface area contributed by atoms with Crippen LogP contribution in [0.25, 0.3) is 11.2 Å². The average molecular weight is 507 g/mol. The van der Waals surface area contributed by atoms with Gasteiger partial charge in [0.05, 0.1) is 29.7 Å². The normalized spacial score (nSPS) is 26.2. The Morgan fingerprint density at radius 1 is 1.06 bits per heavy atom. The number of pyridine rings is 1. The van der Waals surface area contributed by atoms with Gasteiger partial charge in [-0.25, -0.2) is 28.4 Å². The molecular weight excluding hydrogens is 485 g/mol. The molecule has 2 atom stereocenters. The summed E-state index contributed by atoms with van der Waals surface area (Å²) < 4.78 is 65.7. The van der Waals surface area contributed by atoms with Gasteiger partial charge in [-0.1, -0.05) is 0 Å². The molecule has 3 aromatic rings. The minimum Gasteiger partial charge on any atom is -0.364 e. The van der Waals surface area contributed by atoms with E-state index in [9.17, 15) is 26.7 Å². The summed E-state index contributed by atoms with van der Waals surface area (Å²) in [6.45, 7) is -0.180. The van der Waals surface area contributed by atoms with Gasteiger partial charge in [0, 0.05) is 18.6 Å². The van der Waals surface area contributed by atoms with Crippen LogP contribution in [-0.2, 0) is 17.5 Å². The molecule has 8 nitrogen and oxygen atoms in total. The van der Waals surface area contributed by atoms with Crippen molar-refractivity contribution in [2.75, 3.05) is 16.3 Å². The number of carbonyl (C=O) groups excluding carboxylic acids is 1. The SMILES string of the molecule is O=C1N(c2cnc3cnn(CC(F)F)c3n2)CCC12CC1CCC(C2)N1c1ccc(C(F)(F)F)nc1. The predicted octanol–water partition coefficient (Wildman–Crippen LogP) is 4.06. The summed E-state index contributed by atoms with van der Waals surface area (Å²) in [5.41, 5.74) is -0.317. The minimum atomic E-state index is -4.49. The molecule has 36 heavy (non-hydrogen) atoms. The van der Waals surface area contributed by atoms with Crippen molar-refractivity contribution in [3.63, 3.8) is 0 Å². The molecule has 0 aliphatic carbocycles. The van der Waals surface area contributed by atoms with Crippen LogP contribution in [0.3, 0.4) is 0 Å². The summed E-state index contributed by atoms with van der Waals surface area (Å²) in [6, 6.07) is 2.49. The summed E-state index contributed by atoms with van der Waals surface area (Å²) in [6.07, 6.45) is 0.478. The van der Waals surface area contributed by atoms with E-state index in [1.807, 2.05) is 0 Å². The van der Waals surface area contributed by atoms with Crippen LogP contribution < -0.4 is 9.80 Å². The number of fused-ring (bicyclic) bond motifs is 3.